The molecule has 80 valence electrons. The van der Waals surface area contributed by atoms with Crippen molar-refractivity contribution in [3.05, 3.63) is 33.3 Å². The maximum atomic E-state index is 10.9. The first kappa shape index (κ1) is 10.9. The smallest absolute Gasteiger partial charge is 0.246 e. The van der Waals surface area contributed by atoms with E-state index in [4.69, 9.17) is 16.3 Å². The number of ether oxygens (including phenoxy) is 1. The van der Waals surface area contributed by atoms with Crippen LogP contribution in [-0.4, -0.2) is 19.1 Å². The minimum Gasteiger partial charge on any atom is -0.362 e. The van der Waals surface area contributed by atoms with Gasteiger partial charge in [0.25, 0.3) is 0 Å². The van der Waals surface area contributed by atoms with Crippen LogP contribution in [0.25, 0.3) is 0 Å². The molecule has 5 heteroatoms. The molecule has 0 saturated carbocycles. The summed E-state index contributed by atoms with van der Waals surface area (Å²) in [6.07, 6.45) is -0.160. The number of carbonyl (C=O) groups is 1. The van der Waals surface area contributed by atoms with Gasteiger partial charge in [-0.15, -0.1) is 0 Å². The van der Waals surface area contributed by atoms with Gasteiger partial charge in [-0.05, 0) is 18.2 Å². The second-order valence-corrected chi connectivity index (χ2v) is 4.59. The summed E-state index contributed by atoms with van der Waals surface area (Å²) in [5.41, 5.74) is 0.894. The van der Waals surface area contributed by atoms with Crippen molar-refractivity contribution in [2.45, 2.75) is 6.10 Å². The highest BCUT2D eigenvalue weighted by Crippen LogP contribution is 2.29. The topological polar surface area (TPSA) is 38.3 Å². The summed E-state index contributed by atoms with van der Waals surface area (Å²) in [5, 5.41) is 3.39. The van der Waals surface area contributed by atoms with Crippen LogP contribution in [0.3, 0.4) is 0 Å². The number of morpholine rings is 1. The highest BCUT2D eigenvalue weighted by atomic mass is 79.9. The molecule has 0 aromatic heterocycles. The summed E-state index contributed by atoms with van der Waals surface area (Å²) < 4.78 is 6.34. The standard InChI is InChI=1S/C10H9BrClNO2/c11-6-1-2-8(12)7(3-6)9-4-13-10(14)5-15-9/h1-3,9H,4-5H2,(H,13,14). The molecule has 1 unspecified atom stereocenters. The fourth-order valence-corrected chi connectivity index (χ4v) is 2.07. The fourth-order valence-electron chi connectivity index (χ4n) is 1.45. The first-order valence-corrected chi connectivity index (χ1v) is 5.67. The lowest BCUT2D eigenvalue weighted by atomic mass is 10.1. The molecule has 0 radical (unpaired) electrons. The van der Waals surface area contributed by atoms with E-state index in [9.17, 15) is 4.79 Å². The Bertz CT molecular complexity index is 387. The molecule has 0 aliphatic carbocycles. The average molecular weight is 291 g/mol. The first-order valence-electron chi connectivity index (χ1n) is 4.50. The third kappa shape index (κ3) is 2.51. The zero-order chi connectivity index (χ0) is 10.8. The van der Waals surface area contributed by atoms with Crippen molar-refractivity contribution in [3.63, 3.8) is 0 Å². The van der Waals surface area contributed by atoms with E-state index >= 15 is 0 Å². The maximum Gasteiger partial charge on any atom is 0.246 e. The Balaban J connectivity index is 2.21. The monoisotopic (exact) mass is 289 g/mol. The maximum absolute atomic E-state index is 10.9. The van der Waals surface area contributed by atoms with Gasteiger partial charge in [0.05, 0.1) is 0 Å². The van der Waals surface area contributed by atoms with Gasteiger partial charge < -0.3 is 10.1 Å². The van der Waals surface area contributed by atoms with E-state index < -0.39 is 0 Å². The highest BCUT2D eigenvalue weighted by Gasteiger charge is 2.22. The van der Waals surface area contributed by atoms with Crippen LogP contribution in [0.15, 0.2) is 22.7 Å². The van der Waals surface area contributed by atoms with Crippen LogP contribution >= 0.6 is 27.5 Å². The Morgan fingerprint density at radius 2 is 2.33 bits per heavy atom. The fraction of sp³-hybridized carbons (Fsp3) is 0.300. The predicted octanol–water partition coefficient (Wildman–Crippen LogP) is 2.29. The molecule has 1 saturated heterocycles. The highest BCUT2D eigenvalue weighted by molar-refractivity contribution is 9.10. The molecule has 3 nitrogen and oxygen atoms in total. The molecule has 1 aliphatic rings. The molecule has 1 heterocycles. The van der Waals surface area contributed by atoms with E-state index in [-0.39, 0.29) is 18.6 Å². The molecule has 0 spiro atoms. The zero-order valence-electron chi connectivity index (χ0n) is 7.80. The van der Waals surface area contributed by atoms with E-state index in [2.05, 4.69) is 21.2 Å². The second kappa shape index (κ2) is 4.51. The van der Waals surface area contributed by atoms with Gasteiger partial charge >= 0.3 is 0 Å². The van der Waals surface area contributed by atoms with E-state index in [1.54, 1.807) is 6.07 Å². The Kier molecular flexibility index (Phi) is 3.29. The SMILES string of the molecule is O=C1COC(c2cc(Br)ccc2Cl)CN1. The number of hydrogen-bond donors (Lipinski definition) is 1. The summed E-state index contributed by atoms with van der Waals surface area (Å²) in [7, 11) is 0. The van der Waals surface area contributed by atoms with Crippen LogP contribution in [0, 0.1) is 0 Å². The molecule has 15 heavy (non-hydrogen) atoms. The number of rotatable bonds is 1. The molecule has 1 atom stereocenters. The number of hydrogen-bond acceptors (Lipinski definition) is 2. The summed E-state index contributed by atoms with van der Waals surface area (Å²) in [4.78, 5) is 10.9. The van der Waals surface area contributed by atoms with Crippen molar-refractivity contribution in [3.8, 4) is 0 Å². The molecular weight excluding hydrogens is 281 g/mol. The number of amides is 1. The minimum absolute atomic E-state index is 0.0858. The molecule has 1 aromatic carbocycles. The van der Waals surface area contributed by atoms with Gasteiger partial charge in [0.15, 0.2) is 0 Å². The van der Waals surface area contributed by atoms with Gasteiger partial charge in [-0.2, -0.15) is 0 Å². The van der Waals surface area contributed by atoms with Crippen molar-refractivity contribution >= 4 is 33.4 Å². The Hall–Kier alpha value is -0.580. The van der Waals surface area contributed by atoms with Crippen LogP contribution in [0.5, 0.6) is 0 Å². The Morgan fingerprint density at radius 3 is 3.00 bits per heavy atom. The van der Waals surface area contributed by atoms with Crippen LogP contribution in [0.2, 0.25) is 5.02 Å². The Labute approximate surface area is 101 Å². The van der Waals surface area contributed by atoms with Gasteiger partial charge in [-0.25, -0.2) is 0 Å². The number of halogens is 2. The number of nitrogens with one attached hydrogen (secondary N) is 1. The number of benzene rings is 1. The molecule has 1 amide bonds. The van der Waals surface area contributed by atoms with E-state index in [1.165, 1.54) is 0 Å². The lowest BCUT2D eigenvalue weighted by Gasteiger charge is -2.24. The molecule has 0 bridgehead atoms. The van der Waals surface area contributed by atoms with Gasteiger partial charge in [0.2, 0.25) is 5.91 Å². The van der Waals surface area contributed by atoms with Gasteiger partial charge in [-0.1, -0.05) is 27.5 Å². The van der Waals surface area contributed by atoms with Gasteiger partial charge in [0.1, 0.15) is 12.7 Å². The molecular formula is C10H9BrClNO2. The third-order valence-corrected chi connectivity index (χ3v) is 3.04. The molecule has 1 aliphatic heterocycles. The zero-order valence-corrected chi connectivity index (χ0v) is 10.1. The van der Waals surface area contributed by atoms with E-state index in [0.29, 0.717) is 11.6 Å². The molecule has 1 aromatic rings. The molecule has 1 fully saturated rings. The molecule has 1 N–H and O–H groups in total. The van der Waals surface area contributed by atoms with Crippen molar-refractivity contribution < 1.29 is 9.53 Å². The number of carbonyl (C=O) groups excluding carboxylic acids is 1. The van der Waals surface area contributed by atoms with Crippen LogP contribution in [0.4, 0.5) is 0 Å². The van der Waals surface area contributed by atoms with E-state index in [0.717, 1.165) is 10.0 Å². The first-order chi connectivity index (χ1) is 7.16. The van der Waals surface area contributed by atoms with Crippen LogP contribution in [0.1, 0.15) is 11.7 Å². The lowest BCUT2D eigenvalue weighted by Crippen LogP contribution is -2.38. The largest absolute Gasteiger partial charge is 0.362 e. The van der Waals surface area contributed by atoms with Crippen molar-refractivity contribution in [2.24, 2.45) is 0 Å². The van der Waals surface area contributed by atoms with Crippen LogP contribution in [-0.2, 0) is 9.53 Å². The third-order valence-electron chi connectivity index (χ3n) is 2.21. The summed E-state index contributed by atoms with van der Waals surface area (Å²) in [6, 6.07) is 5.58. The van der Waals surface area contributed by atoms with Crippen molar-refractivity contribution in [2.75, 3.05) is 13.2 Å². The normalized spacial score (nSPS) is 21.2. The summed E-state index contributed by atoms with van der Waals surface area (Å²) in [6.45, 7) is 0.558. The average Bonchev–Trinajstić information content (AvgIpc) is 2.23. The van der Waals surface area contributed by atoms with Gasteiger partial charge in [-0.3, -0.25) is 4.79 Å². The summed E-state index contributed by atoms with van der Waals surface area (Å²) >= 11 is 9.43. The molecule has 2 rings (SSSR count). The van der Waals surface area contributed by atoms with E-state index in [1.807, 2.05) is 12.1 Å². The summed E-state index contributed by atoms with van der Waals surface area (Å²) in [5.74, 6) is -0.0858. The Morgan fingerprint density at radius 1 is 1.53 bits per heavy atom. The van der Waals surface area contributed by atoms with Crippen molar-refractivity contribution in [1.82, 2.24) is 5.32 Å². The quantitative estimate of drug-likeness (QED) is 0.862. The lowest BCUT2D eigenvalue weighted by molar-refractivity contribution is -0.133. The van der Waals surface area contributed by atoms with Gasteiger partial charge in [0, 0.05) is 21.6 Å². The van der Waals surface area contributed by atoms with Crippen molar-refractivity contribution in [1.29, 1.82) is 0 Å². The minimum atomic E-state index is -0.160. The van der Waals surface area contributed by atoms with Crippen LogP contribution < -0.4 is 5.32 Å². The predicted molar refractivity (Wildman–Crippen MR) is 60.9 cm³/mol. The second-order valence-electron chi connectivity index (χ2n) is 3.27.